The van der Waals surface area contributed by atoms with Gasteiger partial charge in [-0.3, -0.25) is 5.10 Å². The van der Waals surface area contributed by atoms with Crippen molar-refractivity contribution in [1.82, 2.24) is 10.2 Å². The quantitative estimate of drug-likeness (QED) is 0.825. The zero-order valence-corrected chi connectivity index (χ0v) is 14.7. The molecule has 2 N–H and O–H groups in total. The highest BCUT2D eigenvalue weighted by atomic mass is 16.4. The first kappa shape index (κ1) is 16.7. The molecule has 4 heteroatoms. The van der Waals surface area contributed by atoms with Gasteiger partial charge in [-0.2, -0.15) is 5.10 Å². The number of benzene rings is 1. The SMILES string of the molecule is CC(C)(C)C1CCC(c2ccc(-c3cc(C(=O)O)[nH]n3)cc2)CC1. The normalized spacial score (nSPS) is 21.6. The van der Waals surface area contributed by atoms with E-state index in [-0.39, 0.29) is 5.69 Å². The summed E-state index contributed by atoms with van der Waals surface area (Å²) in [4.78, 5) is 10.9. The van der Waals surface area contributed by atoms with E-state index in [9.17, 15) is 4.79 Å². The van der Waals surface area contributed by atoms with Crippen molar-refractivity contribution in [1.29, 1.82) is 0 Å². The lowest BCUT2D eigenvalue weighted by Crippen LogP contribution is -2.25. The van der Waals surface area contributed by atoms with Crippen LogP contribution in [0.2, 0.25) is 0 Å². The molecule has 0 saturated heterocycles. The topological polar surface area (TPSA) is 66.0 Å². The lowest BCUT2D eigenvalue weighted by atomic mass is 9.68. The fourth-order valence-electron chi connectivity index (χ4n) is 3.80. The third-order valence-corrected chi connectivity index (χ3v) is 5.44. The van der Waals surface area contributed by atoms with Gasteiger partial charge < -0.3 is 5.11 Å². The third-order valence-electron chi connectivity index (χ3n) is 5.44. The number of nitrogens with one attached hydrogen (secondary N) is 1. The Morgan fingerprint density at radius 1 is 1.12 bits per heavy atom. The molecular formula is C20H26N2O2. The molecule has 1 aliphatic rings. The van der Waals surface area contributed by atoms with Crippen molar-refractivity contribution in [3.8, 4) is 11.3 Å². The Morgan fingerprint density at radius 3 is 2.25 bits per heavy atom. The molecule has 1 saturated carbocycles. The van der Waals surface area contributed by atoms with Gasteiger partial charge in [-0.25, -0.2) is 4.79 Å². The second-order valence-electron chi connectivity index (χ2n) is 8.01. The van der Waals surface area contributed by atoms with E-state index in [0.717, 1.165) is 11.5 Å². The lowest BCUT2D eigenvalue weighted by molar-refractivity contribution is 0.0690. The molecule has 0 radical (unpaired) electrons. The lowest BCUT2D eigenvalue weighted by Gasteiger charge is -2.37. The van der Waals surface area contributed by atoms with E-state index in [1.165, 1.54) is 31.2 Å². The Balaban J connectivity index is 1.68. The number of hydrogen-bond donors (Lipinski definition) is 2. The summed E-state index contributed by atoms with van der Waals surface area (Å²) in [7, 11) is 0. The average Bonchev–Trinajstić information content (AvgIpc) is 3.05. The summed E-state index contributed by atoms with van der Waals surface area (Å²) in [6.07, 6.45) is 5.12. The largest absolute Gasteiger partial charge is 0.477 e. The second-order valence-corrected chi connectivity index (χ2v) is 8.01. The molecule has 24 heavy (non-hydrogen) atoms. The molecule has 3 rings (SSSR count). The Bertz CT molecular complexity index is 702. The molecule has 1 aromatic heterocycles. The van der Waals surface area contributed by atoms with Crippen LogP contribution in [0.25, 0.3) is 11.3 Å². The summed E-state index contributed by atoms with van der Waals surface area (Å²) in [6, 6.07) is 10.0. The van der Waals surface area contributed by atoms with Crippen LogP contribution in [0.1, 0.15) is 68.4 Å². The summed E-state index contributed by atoms with van der Waals surface area (Å²) < 4.78 is 0. The van der Waals surface area contributed by atoms with Crippen molar-refractivity contribution in [2.75, 3.05) is 0 Å². The maximum absolute atomic E-state index is 10.9. The maximum atomic E-state index is 10.9. The van der Waals surface area contributed by atoms with Crippen molar-refractivity contribution in [2.24, 2.45) is 11.3 Å². The first-order valence-corrected chi connectivity index (χ1v) is 8.73. The Hall–Kier alpha value is -2.10. The fraction of sp³-hybridized carbons (Fsp3) is 0.500. The number of carboxylic acid groups (broad SMARTS) is 1. The van der Waals surface area contributed by atoms with Gasteiger partial charge in [-0.15, -0.1) is 0 Å². The van der Waals surface area contributed by atoms with Gasteiger partial charge in [0.1, 0.15) is 5.69 Å². The highest BCUT2D eigenvalue weighted by Crippen LogP contribution is 2.43. The molecule has 1 heterocycles. The monoisotopic (exact) mass is 326 g/mol. The number of aromatic amines is 1. The maximum Gasteiger partial charge on any atom is 0.353 e. The van der Waals surface area contributed by atoms with Crippen LogP contribution in [0.5, 0.6) is 0 Å². The number of carbonyl (C=O) groups is 1. The summed E-state index contributed by atoms with van der Waals surface area (Å²) in [5.74, 6) is 0.485. The average molecular weight is 326 g/mol. The minimum atomic E-state index is -0.985. The Kier molecular flexibility index (Phi) is 4.48. The standard InChI is InChI=1S/C20H26N2O2/c1-20(2,3)16-10-8-14(9-11-16)13-4-6-15(7-5-13)17-12-18(19(23)24)22-21-17/h4-7,12,14,16H,8-11H2,1-3H3,(H,21,22)(H,23,24). The summed E-state index contributed by atoms with van der Waals surface area (Å²) in [5, 5.41) is 15.6. The Labute approximate surface area is 143 Å². The first-order chi connectivity index (χ1) is 11.3. The number of aromatic nitrogens is 2. The first-order valence-electron chi connectivity index (χ1n) is 8.73. The van der Waals surface area contributed by atoms with Gasteiger partial charge in [-0.1, -0.05) is 45.0 Å². The van der Waals surface area contributed by atoms with E-state index in [4.69, 9.17) is 5.11 Å². The predicted molar refractivity (Wildman–Crippen MR) is 95.1 cm³/mol. The van der Waals surface area contributed by atoms with Crippen LogP contribution in [-0.2, 0) is 0 Å². The van der Waals surface area contributed by atoms with Crippen LogP contribution in [0.15, 0.2) is 30.3 Å². The molecule has 4 nitrogen and oxygen atoms in total. The summed E-state index contributed by atoms with van der Waals surface area (Å²) in [6.45, 7) is 7.05. The number of carboxylic acids is 1. The molecular weight excluding hydrogens is 300 g/mol. The second kappa shape index (κ2) is 6.42. The smallest absolute Gasteiger partial charge is 0.353 e. The van der Waals surface area contributed by atoms with Crippen LogP contribution in [0.3, 0.4) is 0 Å². The summed E-state index contributed by atoms with van der Waals surface area (Å²) in [5.41, 5.74) is 3.55. The van der Waals surface area contributed by atoms with Gasteiger partial charge in [-0.05, 0) is 54.6 Å². The summed E-state index contributed by atoms with van der Waals surface area (Å²) >= 11 is 0. The van der Waals surface area contributed by atoms with Crippen LogP contribution < -0.4 is 0 Å². The molecule has 0 bridgehead atoms. The van der Waals surface area contributed by atoms with E-state index in [0.29, 0.717) is 17.0 Å². The molecule has 2 aromatic rings. The highest BCUT2D eigenvalue weighted by Gasteiger charge is 2.30. The zero-order chi connectivity index (χ0) is 17.3. The van der Waals surface area contributed by atoms with E-state index in [1.54, 1.807) is 6.07 Å². The Morgan fingerprint density at radius 2 is 1.75 bits per heavy atom. The van der Waals surface area contributed by atoms with Crippen molar-refractivity contribution in [2.45, 2.75) is 52.4 Å². The molecule has 0 aliphatic heterocycles. The number of aromatic carboxylic acids is 1. The van der Waals surface area contributed by atoms with Gasteiger partial charge in [0, 0.05) is 5.56 Å². The molecule has 0 spiro atoms. The molecule has 1 fully saturated rings. The van der Waals surface area contributed by atoms with Gasteiger partial charge in [0.15, 0.2) is 0 Å². The van der Waals surface area contributed by atoms with Gasteiger partial charge >= 0.3 is 5.97 Å². The third kappa shape index (κ3) is 3.53. The van der Waals surface area contributed by atoms with Gasteiger partial charge in [0.25, 0.3) is 0 Å². The molecule has 1 aromatic carbocycles. The zero-order valence-electron chi connectivity index (χ0n) is 14.7. The molecule has 0 unspecified atom stereocenters. The van der Waals surface area contributed by atoms with Crippen LogP contribution in [0.4, 0.5) is 0 Å². The van der Waals surface area contributed by atoms with Crippen LogP contribution >= 0.6 is 0 Å². The highest BCUT2D eigenvalue weighted by molar-refractivity contribution is 5.86. The fourth-order valence-corrected chi connectivity index (χ4v) is 3.80. The van der Waals surface area contributed by atoms with Crippen LogP contribution in [0, 0.1) is 11.3 Å². The van der Waals surface area contributed by atoms with Crippen molar-refractivity contribution in [3.05, 3.63) is 41.6 Å². The van der Waals surface area contributed by atoms with E-state index in [1.807, 2.05) is 12.1 Å². The van der Waals surface area contributed by atoms with E-state index < -0.39 is 5.97 Å². The van der Waals surface area contributed by atoms with Crippen molar-refractivity contribution >= 4 is 5.97 Å². The number of hydrogen-bond acceptors (Lipinski definition) is 2. The predicted octanol–water partition coefficient (Wildman–Crippen LogP) is 5.09. The van der Waals surface area contributed by atoms with Crippen molar-refractivity contribution < 1.29 is 9.90 Å². The molecule has 0 atom stereocenters. The van der Waals surface area contributed by atoms with Crippen LogP contribution in [-0.4, -0.2) is 21.3 Å². The number of rotatable bonds is 3. The van der Waals surface area contributed by atoms with E-state index in [2.05, 4.69) is 43.1 Å². The van der Waals surface area contributed by atoms with E-state index >= 15 is 0 Å². The molecule has 0 amide bonds. The van der Waals surface area contributed by atoms with Gasteiger partial charge in [0.05, 0.1) is 5.69 Å². The molecule has 128 valence electrons. The minimum absolute atomic E-state index is 0.120. The number of H-pyrrole nitrogens is 1. The van der Waals surface area contributed by atoms with Gasteiger partial charge in [0.2, 0.25) is 0 Å². The van der Waals surface area contributed by atoms with Crippen molar-refractivity contribution in [3.63, 3.8) is 0 Å². The minimum Gasteiger partial charge on any atom is -0.477 e. The number of nitrogens with zero attached hydrogens (tertiary/aromatic N) is 1. The molecule has 1 aliphatic carbocycles.